The summed E-state index contributed by atoms with van der Waals surface area (Å²) in [5, 5.41) is 4.61. The molecule has 0 aliphatic carbocycles. The minimum atomic E-state index is -0.0429. The normalized spacial score (nSPS) is 12.4. The summed E-state index contributed by atoms with van der Waals surface area (Å²) >= 11 is 0. The molecule has 0 atom stereocenters. The van der Waals surface area contributed by atoms with Gasteiger partial charge >= 0.3 is 0 Å². The lowest BCUT2D eigenvalue weighted by atomic mass is 9.89. The van der Waals surface area contributed by atoms with E-state index in [0.29, 0.717) is 5.92 Å². The summed E-state index contributed by atoms with van der Waals surface area (Å²) in [4.78, 5) is 4.71. The average Bonchev–Trinajstić information content (AvgIpc) is 2.83. The molecule has 2 N–H and O–H groups in total. The minimum Gasteiger partial charge on any atom is -0.383 e. The van der Waals surface area contributed by atoms with Crippen molar-refractivity contribution in [3.63, 3.8) is 0 Å². The van der Waals surface area contributed by atoms with E-state index in [-0.39, 0.29) is 5.41 Å². The van der Waals surface area contributed by atoms with E-state index in [0.717, 1.165) is 35.1 Å². The number of aryl methyl sites for hydroxylation is 2. The summed E-state index contributed by atoms with van der Waals surface area (Å²) in [7, 11) is 1.94. The van der Waals surface area contributed by atoms with Gasteiger partial charge in [-0.2, -0.15) is 5.10 Å². The Morgan fingerprint density at radius 3 is 2.43 bits per heavy atom. The summed E-state index contributed by atoms with van der Waals surface area (Å²) in [6.07, 6.45) is 2.01. The highest BCUT2D eigenvalue weighted by atomic mass is 15.3. The van der Waals surface area contributed by atoms with Crippen molar-refractivity contribution in [1.82, 2.24) is 19.3 Å². The zero-order valence-corrected chi connectivity index (χ0v) is 14.2. The zero-order chi connectivity index (χ0) is 15.9. The van der Waals surface area contributed by atoms with Crippen LogP contribution in [0.5, 0.6) is 0 Å². The van der Waals surface area contributed by atoms with Gasteiger partial charge in [-0.15, -0.1) is 0 Å². The molecule has 2 heterocycles. The molecule has 0 bridgehead atoms. The Kier molecular flexibility index (Phi) is 3.87. The second-order valence-corrected chi connectivity index (χ2v) is 7.21. The number of hydrogen-bond acceptors (Lipinski definition) is 3. The third-order valence-corrected chi connectivity index (χ3v) is 3.54. The van der Waals surface area contributed by atoms with E-state index in [1.165, 1.54) is 0 Å². The van der Waals surface area contributed by atoms with Crippen LogP contribution in [0.15, 0.2) is 6.20 Å². The number of hydrogen-bond donors (Lipinski definition) is 1. The standard InChI is InChI=1S/C16H27N5/c1-10(2)8-21-11(3)18-13(15(21)17)12-9-20(7)19-14(12)16(4,5)6/h9-10H,8,17H2,1-7H3. The molecule has 0 fully saturated rings. The zero-order valence-electron chi connectivity index (χ0n) is 14.2. The lowest BCUT2D eigenvalue weighted by Gasteiger charge is -2.17. The fourth-order valence-corrected chi connectivity index (χ4v) is 2.59. The van der Waals surface area contributed by atoms with Crippen LogP contribution >= 0.6 is 0 Å². The molecule has 2 aromatic rings. The Balaban J connectivity index is 2.58. The monoisotopic (exact) mass is 289 g/mol. The van der Waals surface area contributed by atoms with E-state index < -0.39 is 0 Å². The molecule has 2 rings (SSSR count). The van der Waals surface area contributed by atoms with Crippen molar-refractivity contribution in [1.29, 1.82) is 0 Å². The number of nitrogens with two attached hydrogens (primary N) is 1. The number of aromatic nitrogens is 4. The number of nitrogen functional groups attached to an aromatic ring is 1. The largest absolute Gasteiger partial charge is 0.383 e. The first kappa shape index (κ1) is 15.6. The SMILES string of the molecule is Cc1nc(-c2cn(C)nc2C(C)(C)C)c(N)n1CC(C)C. The summed E-state index contributed by atoms with van der Waals surface area (Å²) in [5.41, 5.74) is 9.25. The molecule has 2 aromatic heterocycles. The highest BCUT2D eigenvalue weighted by molar-refractivity contribution is 5.73. The van der Waals surface area contributed by atoms with Crippen molar-refractivity contribution >= 4 is 5.82 Å². The van der Waals surface area contributed by atoms with E-state index in [1.54, 1.807) is 0 Å². The molecule has 0 aliphatic heterocycles. The molecule has 0 unspecified atom stereocenters. The summed E-state index contributed by atoms with van der Waals surface area (Å²) < 4.78 is 3.94. The quantitative estimate of drug-likeness (QED) is 0.944. The molecule has 0 saturated heterocycles. The molecule has 116 valence electrons. The van der Waals surface area contributed by atoms with Gasteiger partial charge in [0.1, 0.15) is 17.3 Å². The number of rotatable bonds is 3. The highest BCUT2D eigenvalue weighted by Crippen LogP contribution is 2.34. The van der Waals surface area contributed by atoms with Crippen LogP contribution < -0.4 is 5.73 Å². The van der Waals surface area contributed by atoms with E-state index in [9.17, 15) is 0 Å². The van der Waals surface area contributed by atoms with Crippen molar-refractivity contribution in [2.45, 2.75) is 53.5 Å². The van der Waals surface area contributed by atoms with Gasteiger partial charge in [0.15, 0.2) is 0 Å². The Bertz CT molecular complexity index is 640. The van der Waals surface area contributed by atoms with Crippen molar-refractivity contribution in [2.24, 2.45) is 13.0 Å². The Morgan fingerprint density at radius 1 is 1.29 bits per heavy atom. The van der Waals surface area contributed by atoms with E-state index in [2.05, 4.69) is 44.3 Å². The highest BCUT2D eigenvalue weighted by Gasteiger charge is 2.26. The minimum absolute atomic E-state index is 0.0429. The maximum atomic E-state index is 6.37. The third kappa shape index (κ3) is 2.96. The predicted molar refractivity (Wildman–Crippen MR) is 87.1 cm³/mol. The molecule has 0 saturated carbocycles. The number of anilines is 1. The van der Waals surface area contributed by atoms with Gasteiger partial charge in [-0.3, -0.25) is 4.68 Å². The summed E-state index contributed by atoms with van der Waals surface area (Å²) in [5.74, 6) is 2.23. The van der Waals surface area contributed by atoms with E-state index >= 15 is 0 Å². The molecule has 5 nitrogen and oxygen atoms in total. The van der Waals surface area contributed by atoms with Gasteiger partial charge in [0.2, 0.25) is 0 Å². The molecule has 0 aliphatic rings. The lowest BCUT2D eigenvalue weighted by molar-refractivity contribution is 0.518. The molecule has 0 amide bonds. The van der Waals surface area contributed by atoms with Crippen LogP contribution in [0.4, 0.5) is 5.82 Å². The molecule has 0 aromatic carbocycles. The van der Waals surface area contributed by atoms with E-state index in [1.807, 2.05) is 24.9 Å². The van der Waals surface area contributed by atoms with Crippen molar-refractivity contribution < 1.29 is 0 Å². The van der Waals surface area contributed by atoms with Gasteiger partial charge in [0.25, 0.3) is 0 Å². The first-order valence-electron chi connectivity index (χ1n) is 7.48. The fraction of sp³-hybridized carbons (Fsp3) is 0.625. The molecule has 0 radical (unpaired) electrons. The summed E-state index contributed by atoms with van der Waals surface area (Å²) in [6.45, 7) is 13.7. The van der Waals surface area contributed by atoms with Gasteiger partial charge in [-0.1, -0.05) is 34.6 Å². The molecule has 21 heavy (non-hydrogen) atoms. The predicted octanol–water partition coefficient (Wildman–Crippen LogP) is 3.13. The molecule has 5 heteroatoms. The maximum Gasteiger partial charge on any atom is 0.131 e. The Hall–Kier alpha value is -1.78. The van der Waals surface area contributed by atoms with Crippen LogP contribution in [-0.4, -0.2) is 19.3 Å². The molecule has 0 spiro atoms. The van der Waals surface area contributed by atoms with E-state index in [4.69, 9.17) is 10.7 Å². The second-order valence-electron chi connectivity index (χ2n) is 7.21. The topological polar surface area (TPSA) is 61.7 Å². The summed E-state index contributed by atoms with van der Waals surface area (Å²) in [6, 6.07) is 0. The van der Waals surface area contributed by atoms with Crippen LogP contribution in [0.25, 0.3) is 11.3 Å². The fourth-order valence-electron chi connectivity index (χ4n) is 2.59. The van der Waals surface area contributed by atoms with Gasteiger partial charge < -0.3 is 10.3 Å². The number of imidazole rings is 1. The average molecular weight is 289 g/mol. The van der Waals surface area contributed by atoms with Crippen molar-refractivity contribution in [3.8, 4) is 11.3 Å². The lowest BCUT2D eigenvalue weighted by Crippen LogP contribution is -2.14. The maximum absolute atomic E-state index is 6.37. The first-order valence-corrected chi connectivity index (χ1v) is 7.48. The van der Waals surface area contributed by atoms with Gasteiger partial charge in [0, 0.05) is 30.8 Å². The van der Waals surface area contributed by atoms with Crippen LogP contribution in [0.1, 0.15) is 46.1 Å². The smallest absolute Gasteiger partial charge is 0.131 e. The van der Waals surface area contributed by atoms with Crippen molar-refractivity contribution in [3.05, 3.63) is 17.7 Å². The molecular formula is C16H27N5. The van der Waals surface area contributed by atoms with Gasteiger partial charge in [0.05, 0.1) is 5.69 Å². The van der Waals surface area contributed by atoms with Crippen molar-refractivity contribution in [2.75, 3.05) is 5.73 Å². The van der Waals surface area contributed by atoms with Crippen LogP contribution in [0.2, 0.25) is 0 Å². The Morgan fingerprint density at radius 2 is 1.90 bits per heavy atom. The van der Waals surface area contributed by atoms with Crippen LogP contribution in [0, 0.1) is 12.8 Å². The van der Waals surface area contributed by atoms with Gasteiger partial charge in [-0.05, 0) is 12.8 Å². The first-order chi connectivity index (χ1) is 9.61. The second kappa shape index (κ2) is 5.20. The third-order valence-electron chi connectivity index (χ3n) is 3.54. The van der Waals surface area contributed by atoms with Gasteiger partial charge in [-0.25, -0.2) is 4.98 Å². The van der Waals surface area contributed by atoms with Crippen LogP contribution in [-0.2, 0) is 19.0 Å². The van der Waals surface area contributed by atoms with Crippen LogP contribution in [0.3, 0.4) is 0 Å². The Labute approximate surface area is 127 Å². The number of nitrogens with zero attached hydrogens (tertiary/aromatic N) is 4. The molecular weight excluding hydrogens is 262 g/mol.